The SMILES string of the molecule is CC(C)(C)OC(=O)N1[C@@H]2[C@H](OC[C@H]1C(=O)O)[C@@H]2C(F)(F)F. The summed E-state index contributed by atoms with van der Waals surface area (Å²) in [6, 6.07) is -2.82. The molecule has 0 spiro atoms. The highest BCUT2D eigenvalue weighted by Gasteiger charge is 2.72. The van der Waals surface area contributed by atoms with Gasteiger partial charge in [-0.05, 0) is 20.8 Å². The molecule has 0 unspecified atom stereocenters. The summed E-state index contributed by atoms with van der Waals surface area (Å²) in [6.45, 7) is 4.16. The molecule has 6 nitrogen and oxygen atoms in total. The lowest BCUT2D eigenvalue weighted by atomic mass is 10.2. The van der Waals surface area contributed by atoms with Gasteiger partial charge in [0, 0.05) is 0 Å². The Balaban J connectivity index is 2.23. The number of alkyl halides is 3. The van der Waals surface area contributed by atoms with Crippen LogP contribution in [0.1, 0.15) is 20.8 Å². The molecule has 1 amide bonds. The Morgan fingerprint density at radius 1 is 1.29 bits per heavy atom. The van der Waals surface area contributed by atoms with E-state index in [-0.39, 0.29) is 0 Å². The van der Waals surface area contributed by atoms with Gasteiger partial charge >= 0.3 is 18.2 Å². The summed E-state index contributed by atoms with van der Waals surface area (Å²) in [5.41, 5.74) is -0.934. The number of nitrogens with zero attached hydrogens (tertiary/aromatic N) is 1. The summed E-state index contributed by atoms with van der Waals surface area (Å²) in [6.07, 6.45) is -6.84. The first-order chi connectivity index (χ1) is 9.43. The molecule has 9 heteroatoms. The van der Waals surface area contributed by atoms with Crippen LogP contribution in [0.4, 0.5) is 18.0 Å². The van der Waals surface area contributed by atoms with E-state index in [0.29, 0.717) is 4.90 Å². The third-order valence-corrected chi connectivity index (χ3v) is 3.29. The van der Waals surface area contributed by atoms with E-state index >= 15 is 0 Å². The minimum absolute atomic E-state index is 0.484. The van der Waals surface area contributed by atoms with E-state index in [1.165, 1.54) is 0 Å². The van der Waals surface area contributed by atoms with Crippen molar-refractivity contribution in [2.24, 2.45) is 5.92 Å². The second-order valence-corrected chi connectivity index (χ2v) is 6.10. The quantitative estimate of drug-likeness (QED) is 0.796. The number of hydrogen-bond donors (Lipinski definition) is 1. The van der Waals surface area contributed by atoms with E-state index in [2.05, 4.69) is 0 Å². The third-order valence-electron chi connectivity index (χ3n) is 3.29. The first-order valence-corrected chi connectivity index (χ1v) is 6.36. The maximum Gasteiger partial charge on any atom is 0.411 e. The molecular formula is C12H16F3NO5. The van der Waals surface area contributed by atoms with Crippen molar-refractivity contribution < 1.29 is 37.3 Å². The summed E-state index contributed by atoms with van der Waals surface area (Å²) in [5, 5.41) is 9.07. The van der Waals surface area contributed by atoms with Crippen molar-refractivity contribution >= 4 is 12.1 Å². The largest absolute Gasteiger partial charge is 0.480 e. The van der Waals surface area contributed by atoms with Gasteiger partial charge in [0.15, 0.2) is 6.04 Å². The predicted molar refractivity (Wildman–Crippen MR) is 62.6 cm³/mol. The summed E-state index contributed by atoms with van der Waals surface area (Å²) in [4.78, 5) is 23.9. The lowest BCUT2D eigenvalue weighted by Crippen LogP contribution is -2.54. The van der Waals surface area contributed by atoms with Crippen LogP contribution in [0.5, 0.6) is 0 Å². The third kappa shape index (κ3) is 3.07. The van der Waals surface area contributed by atoms with Crippen LogP contribution in [0, 0.1) is 5.92 Å². The van der Waals surface area contributed by atoms with Crippen molar-refractivity contribution in [2.75, 3.05) is 6.61 Å². The molecule has 4 atom stereocenters. The van der Waals surface area contributed by atoms with Crippen LogP contribution in [0.3, 0.4) is 0 Å². The second kappa shape index (κ2) is 4.75. The molecular weight excluding hydrogens is 295 g/mol. The molecule has 1 N–H and O–H groups in total. The number of hydrogen-bond acceptors (Lipinski definition) is 4. The first kappa shape index (κ1) is 15.9. The number of ether oxygens (including phenoxy) is 2. The molecule has 1 saturated heterocycles. The molecule has 1 aliphatic heterocycles. The van der Waals surface area contributed by atoms with Crippen molar-refractivity contribution in [3.8, 4) is 0 Å². The topological polar surface area (TPSA) is 76.1 Å². The fourth-order valence-electron chi connectivity index (χ4n) is 2.43. The Labute approximate surface area is 118 Å². The molecule has 0 aromatic heterocycles. The average molecular weight is 311 g/mol. The van der Waals surface area contributed by atoms with Crippen molar-refractivity contribution in [3.63, 3.8) is 0 Å². The number of halogens is 3. The van der Waals surface area contributed by atoms with Crippen molar-refractivity contribution in [2.45, 2.75) is 50.7 Å². The van der Waals surface area contributed by atoms with Crippen LogP contribution in [-0.2, 0) is 14.3 Å². The first-order valence-electron chi connectivity index (χ1n) is 6.36. The number of rotatable bonds is 1. The molecule has 2 aliphatic rings. The van der Waals surface area contributed by atoms with Crippen molar-refractivity contribution in [1.82, 2.24) is 4.90 Å². The summed E-state index contributed by atoms with van der Waals surface area (Å²) in [5.74, 6) is -3.29. The van der Waals surface area contributed by atoms with E-state index < -0.39 is 54.6 Å². The van der Waals surface area contributed by atoms with Gasteiger partial charge in [0.2, 0.25) is 0 Å². The molecule has 2 fully saturated rings. The highest BCUT2D eigenvalue weighted by Crippen LogP contribution is 2.52. The van der Waals surface area contributed by atoms with E-state index in [4.69, 9.17) is 14.6 Å². The molecule has 21 heavy (non-hydrogen) atoms. The summed E-state index contributed by atoms with van der Waals surface area (Å²) < 4.78 is 48.5. The number of aliphatic carboxylic acids is 1. The van der Waals surface area contributed by atoms with Gasteiger partial charge in [-0.1, -0.05) is 0 Å². The molecule has 1 aliphatic carbocycles. The Morgan fingerprint density at radius 3 is 2.29 bits per heavy atom. The van der Waals surface area contributed by atoms with Crippen molar-refractivity contribution in [1.29, 1.82) is 0 Å². The Kier molecular flexibility index (Phi) is 3.59. The van der Waals surface area contributed by atoms with Gasteiger partial charge in [0.1, 0.15) is 11.5 Å². The zero-order valence-corrected chi connectivity index (χ0v) is 11.7. The fraction of sp³-hybridized carbons (Fsp3) is 0.833. The van der Waals surface area contributed by atoms with Crippen LogP contribution < -0.4 is 0 Å². The van der Waals surface area contributed by atoms with E-state index in [1.54, 1.807) is 20.8 Å². The van der Waals surface area contributed by atoms with Crippen molar-refractivity contribution in [3.05, 3.63) is 0 Å². The van der Waals surface area contributed by atoms with Gasteiger partial charge in [-0.15, -0.1) is 0 Å². The highest BCUT2D eigenvalue weighted by molar-refractivity contribution is 5.81. The Morgan fingerprint density at radius 2 is 1.86 bits per heavy atom. The molecule has 0 aromatic rings. The average Bonchev–Trinajstić information content (AvgIpc) is 2.97. The van der Waals surface area contributed by atoms with Crippen LogP contribution in [-0.4, -0.2) is 58.6 Å². The smallest absolute Gasteiger partial charge is 0.411 e. The Bertz CT molecular complexity index is 459. The molecule has 0 aromatic carbocycles. The van der Waals surface area contributed by atoms with Crippen LogP contribution in [0.25, 0.3) is 0 Å². The van der Waals surface area contributed by atoms with E-state index in [1.807, 2.05) is 0 Å². The fourth-order valence-corrected chi connectivity index (χ4v) is 2.43. The lowest BCUT2D eigenvalue weighted by Gasteiger charge is -2.34. The van der Waals surface area contributed by atoms with Gasteiger partial charge in [-0.3, -0.25) is 4.90 Å². The number of amides is 1. The number of morpholine rings is 1. The highest BCUT2D eigenvalue weighted by atomic mass is 19.4. The molecule has 120 valence electrons. The normalized spacial score (nSPS) is 32.4. The molecule has 0 bridgehead atoms. The molecule has 0 radical (unpaired) electrons. The van der Waals surface area contributed by atoms with Crippen LogP contribution in [0.15, 0.2) is 0 Å². The van der Waals surface area contributed by atoms with Gasteiger partial charge in [-0.2, -0.15) is 13.2 Å². The number of carbonyl (C=O) groups is 2. The number of carbonyl (C=O) groups excluding carboxylic acids is 1. The number of carboxylic acid groups (broad SMARTS) is 1. The van der Waals surface area contributed by atoms with Gasteiger partial charge < -0.3 is 14.6 Å². The van der Waals surface area contributed by atoms with Crippen LogP contribution in [0.2, 0.25) is 0 Å². The molecule has 2 rings (SSSR count). The second-order valence-electron chi connectivity index (χ2n) is 6.10. The minimum Gasteiger partial charge on any atom is -0.480 e. The monoisotopic (exact) mass is 311 g/mol. The van der Waals surface area contributed by atoms with Gasteiger partial charge in [0.25, 0.3) is 0 Å². The number of fused-ring (bicyclic) bond motifs is 1. The minimum atomic E-state index is -4.55. The van der Waals surface area contributed by atoms with E-state index in [0.717, 1.165) is 0 Å². The summed E-state index contributed by atoms with van der Waals surface area (Å²) >= 11 is 0. The van der Waals surface area contributed by atoms with Gasteiger partial charge in [0.05, 0.1) is 18.8 Å². The standard InChI is InChI=1S/C12H16F3NO5/c1-11(2,3)21-10(19)16-5(9(17)18)4-20-8-6(7(8)16)12(13,14)15/h5-8H,4H2,1-3H3,(H,17,18)/t5-,6+,7-,8+/m0/s1. The van der Waals surface area contributed by atoms with Crippen LogP contribution >= 0.6 is 0 Å². The maximum absolute atomic E-state index is 12.8. The molecule has 1 heterocycles. The zero-order chi connectivity index (χ0) is 16.2. The lowest BCUT2D eigenvalue weighted by molar-refractivity contribution is -0.157. The van der Waals surface area contributed by atoms with E-state index in [9.17, 15) is 22.8 Å². The summed E-state index contributed by atoms with van der Waals surface area (Å²) in [7, 11) is 0. The Hall–Kier alpha value is -1.51. The van der Waals surface area contributed by atoms with Gasteiger partial charge in [-0.25, -0.2) is 9.59 Å². The number of carboxylic acids is 1. The molecule has 1 saturated carbocycles. The maximum atomic E-state index is 12.8. The predicted octanol–water partition coefficient (Wildman–Crippen LogP) is 1.64. The zero-order valence-electron chi connectivity index (χ0n) is 11.7.